The highest BCUT2D eigenvalue weighted by Gasteiger charge is 2.26. The Hall–Kier alpha value is -3.36. The summed E-state index contributed by atoms with van der Waals surface area (Å²) in [6.07, 6.45) is 6.78. The van der Waals surface area contributed by atoms with E-state index in [-0.39, 0.29) is 22.9 Å². The molecule has 3 aromatic heterocycles. The molecule has 0 bridgehead atoms. The van der Waals surface area contributed by atoms with E-state index in [2.05, 4.69) is 31.2 Å². The van der Waals surface area contributed by atoms with Gasteiger partial charge in [0.2, 0.25) is 5.43 Å². The van der Waals surface area contributed by atoms with Gasteiger partial charge in [0.25, 0.3) is 5.91 Å². The summed E-state index contributed by atoms with van der Waals surface area (Å²) in [6, 6.07) is 13.0. The van der Waals surface area contributed by atoms with Crippen molar-refractivity contribution in [3.05, 3.63) is 87.0 Å². The molecule has 172 valence electrons. The van der Waals surface area contributed by atoms with Gasteiger partial charge in [0, 0.05) is 40.4 Å². The molecule has 34 heavy (non-hydrogen) atoms. The van der Waals surface area contributed by atoms with E-state index in [0.717, 1.165) is 34.1 Å². The zero-order valence-corrected chi connectivity index (χ0v) is 20.3. The number of nitrogens with one attached hydrogen (secondary N) is 1. The number of benzene rings is 1. The van der Waals surface area contributed by atoms with E-state index < -0.39 is 5.60 Å². The van der Waals surface area contributed by atoms with Crippen LogP contribution in [-0.2, 0) is 5.60 Å². The number of rotatable bonds is 5. The maximum absolute atomic E-state index is 13.1. The first-order valence-corrected chi connectivity index (χ1v) is 11.8. The van der Waals surface area contributed by atoms with Crippen molar-refractivity contribution in [1.82, 2.24) is 19.9 Å². The highest BCUT2D eigenvalue weighted by atomic mass is 79.9. The third-order valence-corrected chi connectivity index (χ3v) is 6.26. The minimum Gasteiger partial charge on any atom is -0.384 e. The number of aliphatic hydroxyl groups is 1. The zero-order chi connectivity index (χ0) is 24.0. The largest absolute Gasteiger partial charge is 0.384 e. The maximum Gasteiger partial charge on any atom is 0.257 e. The van der Waals surface area contributed by atoms with Crippen LogP contribution in [0.3, 0.4) is 0 Å². The van der Waals surface area contributed by atoms with Crippen LogP contribution in [-0.4, -0.2) is 31.6 Å². The normalized spacial score (nSPS) is 13.8. The zero-order valence-electron chi connectivity index (χ0n) is 18.7. The molecule has 1 saturated carbocycles. The van der Waals surface area contributed by atoms with Crippen LogP contribution in [0.15, 0.2) is 70.3 Å². The van der Waals surface area contributed by atoms with Crippen molar-refractivity contribution >= 4 is 32.9 Å². The molecule has 0 radical (unpaired) electrons. The number of amides is 1. The van der Waals surface area contributed by atoms with Crippen LogP contribution in [0.5, 0.6) is 0 Å². The highest BCUT2D eigenvalue weighted by molar-refractivity contribution is 9.10. The summed E-state index contributed by atoms with van der Waals surface area (Å²) in [4.78, 5) is 34.8. The van der Waals surface area contributed by atoms with Gasteiger partial charge in [0.1, 0.15) is 16.8 Å². The summed E-state index contributed by atoms with van der Waals surface area (Å²) in [5, 5.41) is 13.5. The second-order valence-corrected chi connectivity index (χ2v) is 9.97. The molecule has 0 atom stereocenters. The molecule has 7 nitrogen and oxygen atoms in total. The Bertz CT molecular complexity index is 1470. The fraction of sp³-hybridized carbons (Fsp3) is 0.231. The standard InChI is InChI=1S/C26H23BrN4O3/c1-26(2,34)22-8-5-15(13-29-22)16-10-17(27)12-19(11-16)31-14-21(25(33)30-18-6-7-18)23(32)20-4-3-9-28-24(20)31/h3-5,8-14,18,34H,6-7H2,1-2H3,(H,30,33). The predicted octanol–water partition coefficient (Wildman–Crippen LogP) is 4.33. The molecule has 4 aromatic rings. The molecule has 5 rings (SSSR count). The van der Waals surface area contributed by atoms with Crippen molar-refractivity contribution in [2.75, 3.05) is 0 Å². The number of hydrogen-bond acceptors (Lipinski definition) is 5. The molecule has 3 heterocycles. The average Bonchev–Trinajstić information content (AvgIpc) is 3.62. The molecule has 0 aliphatic heterocycles. The monoisotopic (exact) mass is 518 g/mol. The summed E-state index contributed by atoms with van der Waals surface area (Å²) < 4.78 is 2.59. The molecule has 0 spiro atoms. The number of carbonyl (C=O) groups excluding carboxylic acids is 1. The molecule has 1 aromatic carbocycles. The number of halogens is 1. The van der Waals surface area contributed by atoms with Crippen molar-refractivity contribution in [3.8, 4) is 16.8 Å². The van der Waals surface area contributed by atoms with Crippen molar-refractivity contribution in [3.63, 3.8) is 0 Å². The van der Waals surface area contributed by atoms with E-state index >= 15 is 0 Å². The van der Waals surface area contributed by atoms with Gasteiger partial charge in [-0.05, 0) is 68.7 Å². The molecule has 1 aliphatic rings. The molecule has 2 N–H and O–H groups in total. The van der Waals surface area contributed by atoms with Crippen molar-refractivity contribution in [1.29, 1.82) is 0 Å². The van der Waals surface area contributed by atoms with Crippen LogP contribution in [0.25, 0.3) is 27.8 Å². The van der Waals surface area contributed by atoms with Gasteiger partial charge in [-0.1, -0.05) is 22.0 Å². The van der Waals surface area contributed by atoms with E-state index in [1.54, 1.807) is 55.2 Å². The SMILES string of the molecule is CC(C)(O)c1ccc(-c2cc(Br)cc(-n3cc(C(=O)NC4CC4)c(=O)c4cccnc43)c2)cn1. The van der Waals surface area contributed by atoms with Crippen molar-refractivity contribution in [2.45, 2.75) is 38.3 Å². The second-order valence-electron chi connectivity index (χ2n) is 9.05. The molecule has 1 amide bonds. The molecule has 1 fully saturated rings. The number of aromatic nitrogens is 3. The van der Waals surface area contributed by atoms with Crippen LogP contribution in [0, 0.1) is 0 Å². The molecule has 1 aliphatic carbocycles. The summed E-state index contributed by atoms with van der Waals surface area (Å²) >= 11 is 3.59. The molecular weight excluding hydrogens is 496 g/mol. The first kappa shape index (κ1) is 22.4. The smallest absolute Gasteiger partial charge is 0.257 e. The van der Waals surface area contributed by atoms with Gasteiger partial charge in [-0.2, -0.15) is 0 Å². The summed E-state index contributed by atoms with van der Waals surface area (Å²) in [6.45, 7) is 3.38. The predicted molar refractivity (Wildman–Crippen MR) is 134 cm³/mol. The third kappa shape index (κ3) is 4.38. The Morgan fingerprint density at radius 3 is 2.62 bits per heavy atom. The number of hydrogen-bond donors (Lipinski definition) is 2. The van der Waals surface area contributed by atoms with Crippen LogP contribution in [0.4, 0.5) is 0 Å². The first-order valence-electron chi connectivity index (χ1n) is 11.0. The highest BCUT2D eigenvalue weighted by Crippen LogP contribution is 2.29. The van der Waals surface area contributed by atoms with E-state index in [1.807, 2.05) is 24.3 Å². The summed E-state index contributed by atoms with van der Waals surface area (Å²) in [5.41, 5.74) is 2.25. The Labute approximate surface area is 204 Å². The Morgan fingerprint density at radius 2 is 1.94 bits per heavy atom. The fourth-order valence-corrected chi connectivity index (χ4v) is 4.30. The Kier molecular flexibility index (Phi) is 5.58. The van der Waals surface area contributed by atoms with Crippen LogP contribution >= 0.6 is 15.9 Å². The lowest BCUT2D eigenvalue weighted by atomic mass is 10.0. The average molecular weight is 519 g/mol. The third-order valence-electron chi connectivity index (χ3n) is 5.80. The first-order chi connectivity index (χ1) is 16.2. The Balaban J connectivity index is 1.65. The number of pyridine rings is 3. The lowest BCUT2D eigenvalue weighted by Gasteiger charge is -2.17. The van der Waals surface area contributed by atoms with E-state index in [4.69, 9.17) is 0 Å². The minimum absolute atomic E-state index is 0.0881. The van der Waals surface area contributed by atoms with Crippen LogP contribution in [0.2, 0.25) is 0 Å². The van der Waals surface area contributed by atoms with Gasteiger partial charge in [0.05, 0.1) is 11.1 Å². The van der Waals surface area contributed by atoms with Crippen molar-refractivity contribution < 1.29 is 9.90 Å². The lowest BCUT2D eigenvalue weighted by Crippen LogP contribution is -2.31. The Morgan fingerprint density at radius 1 is 1.15 bits per heavy atom. The van der Waals surface area contributed by atoms with E-state index in [9.17, 15) is 14.7 Å². The quantitative estimate of drug-likeness (QED) is 0.409. The van der Waals surface area contributed by atoms with E-state index in [0.29, 0.717) is 16.7 Å². The number of fused-ring (bicyclic) bond motifs is 1. The summed E-state index contributed by atoms with van der Waals surface area (Å²) in [5.74, 6) is -0.367. The fourth-order valence-electron chi connectivity index (χ4n) is 3.82. The molecule has 0 unspecified atom stereocenters. The van der Waals surface area contributed by atoms with Crippen LogP contribution < -0.4 is 10.7 Å². The van der Waals surface area contributed by atoms with Gasteiger partial charge in [-0.3, -0.25) is 14.6 Å². The van der Waals surface area contributed by atoms with E-state index in [1.165, 1.54) is 0 Å². The van der Waals surface area contributed by atoms with Crippen molar-refractivity contribution in [2.24, 2.45) is 0 Å². The maximum atomic E-state index is 13.1. The van der Waals surface area contributed by atoms with Gasteiger partial charge < -0.3 is 15.0 Å². The number of carbonyl (C=O) groups is 1. The van der Waals surface area contributed by atoms with Gasteiger partial charge in [0.15, 0.2) is 0 Å². The van der Waals surface area contributed by atoms with Gasteiger partial charge >= 0.3 is 0 Å². The van der Waals surface area contributed by atoms with Crippen LogP contribution in [0.1, 0.15) is 42.7 Å². The second kappa shape index (κ2) is 8.45. The molecule has 0 saturated heterocycles. The number of nitrogens with zero attached hydrogens (tertiary/aromatic N) is 3. The summed E-state index contributed by atoms with van der Waals surface area (Å²) in [7, 11) is 0. The lowest BCUT2D eigenvalue weighted by molar-refractivity contribution is 0.0738. The molecular formula is C26H23BrN4O3. The van der Waals surface area contributed by atoms with Gasteiger partial charge in [-0.15, -0.1) is 0 Å². The van der Waals surface area contributed by atoms with Gasteiger partial charge in [-0.25, -0.2) is 4.98 Å². The minimum atomic E-state index is -1.03. The topological polar surface area (TPSA) is 97.1 Å². The molecule has 8 heteroatoms.